The molecule has 8 nitrogen and oxygen atoms in total. The van der Waals surface area contributed by atoms with E-state index in [4.69, 9.17) is 27.9 Å². The molecule has 0 aliphatic rings. The molecule has 2 atom stereocenters. The van der Waals surface area contributed by atoms with Gasteiger partial charge >= 0.3 is 0 Å². The first kappa shape index (κ1) is 29.7. The Balaban J connectivity index is 2.50. The number of hydrogen-bond acceptors (Lipinski definition) is 5. The van der Waals surface area contributed by atoms with Crippen LogP contribution in [0.3, 0.4) is 0 Å². The Morgan fingerprint density at radius 1 is 1.08 bits per heavy atom. The fourth-order valence-corrected chi connectivity index (χ4v) is 4.89. The van der Waals surface area contributed by atoms with Gasteiger partial charge in [0.25, 0.3) is 0 Å². The van der Waals surface area contributed by atoms with Gasteiger partial charge in [0.1, 0.15) is 18.3 Å². The van der Waals surface area contributed by atoms with Crippen LogP contribution in [0.1, 0.15) is 39.2 Å². The zero-order chi connectivity index (χ0) is 27.0. The predicted octanol–water partition coefficient (Wildman–Crippen LogP) is 4.49. The highest BCUT2D eigenvalue weighted by molar-refractivity contribution is 7.92. The van der Waals surface area contributed by atoms with E-state index in [2.05, 4.69) is 5.32 Å². The van der Waals surface area contributed by atoms with Crippen molar-refractivity contribution >= 4 is 50.7 Å². The molecule has 0 saturated heterocycles. The molecule has 0 unspecified atom stereocenters. The van der Waals surface area contributed by atoms with E-state index in [1.54, 1.807) is 25.1 Å². The molecule has 0 radical (unpaired) electrons. The summed E-state index contributed by atoms with van der Waals surface area (Å²) in [6.07, 6.45) is 2.03. The molecule has 0 fully saturated rings. The Labute approximate surface area is 223 Å². The Bertz CT molecular complexity index is 1180. The lowest BCUT2D eigenvalue weighted by molar-refractivity contribution is -0.140. The molecule has 2 rings (SSSR count). The van der Waals surface area contributed by atoms with E-state index >= 15 is 0 Å². The van der Waals surface area contributed by atoms with Crippen molar-refractivity contribution in [2.45, 2.75) is 52.2 Å². The van der Waals surface area contributed by atoms with Crippen LogP contribution >= 0.6 is 23.2 Å². The Morgan fingerprint density at radius 3 is 2.36 bits per heavy atom. The molecular formula is C25H33Cl2N3O5S. The van der Waals surface area contributed by atoms with Gasteiger partial charge in [0.15, 0.2) is 0 Å². The van der Waals surface area contributed by atoms with Crippen LogP contribution in [0.25, 0.3) is 0 Å². The Hall–Kier alpha value is -2.49. The van der Waals surface area contributed by atoms with Gasteiger partial charge in [-0.25, -0.2) is 8.42 Å². The van der Waals surface area contributed by atoms with E-state index in [9.17, 15) is 18.0 Å². The summed E-state index contributed by atoms with van der Waals surface area (Å²) in [5.74, 6) is -0.277. The fourth-order valence-electron chi connectivity index (χ4n) is 3.60. The van der Waals surface area contributed by atoms with E-state index in [0.29, 0.717) is 12.2 Å². The first-order valence-corrected chi connectivity index (χ1v) is 14.2. The number of carbonyl (C=O) groups is 2. The molecular weight excluding hydrogens is 525 g/mol. The number of nitrogens with one attached hydrogen (secondary N) is 1. The minimum atomic E-state index is -3.92. The zero-order valence-corrected chi connectivity index (χ0v) is 23.5. The van der Waals surface area contributed by atoms with Crippen molar-refractivity contribution in [3.63, 3.8) is 0 Å². The summed E-state index contributed by atoms with van der Waals surface area (Å²) in [5.41, 5.74) is 0.808. The van der Waals surface area contributed by atoms with Crippen LogP contribution in [-0.2, 0) is 26.2 Å². The number of methoxy groups -OCH3 is 1. The molecule has 0 aliphatic heterocycles. The Kier molecular flexibility index (Phi) is 10.9. The molecule has 0 aliphatic carbocycles. The first-order valence-electron chi connectivity index (χ1n) is 11.6. The van der Waals surface area contributed by atoms with Crippen LogP contribution in [0.5, 0.6) is 5.75 Å². The molecule has 2 amide bonds. The third-order valence-electron chi connectivity index (χ3n) is 5.73. The number of benzene rings is 2. The van der Waals surface area contributed by atoms with Crippen molar-refractivity contribution in [3.05, 3.63) is 58.1 Å². The fraction of sp³-hybridized carbons (Fsp3) is 0.440. The molecule has 2 aromatic rings. The molecule has 0 heterocycles. The monoisotopic (exact) mass is 557 g/mol. The van der Waals surface area contributed by atoms with E-state index < -0.39 is 28.5 Å². The van der Waals surface area contributed by atoms with Crippen LogP contribution < -0.4 is 14.4 Å². The SMILES string of the molecule is CC[C@H](C(=O)N[C@@H](C)CC)N(Cc1cccc(OC)c1)C(=O)CN(c1cc(Cl)ccc1Cl)S(C)(=O)=O. The highest BCUT2D eigenvalue weighted by atomic mass is 35.5. The Morgan fingerprint density at radius 2 is 1.78 bits per heavy atom. The van der Waals surface area contributed by atoms with E-state index in [1.807, 2.05) is 19.9 Å². The number of amides is 2. The molecule has 0 aromatic heterocycles. The van der Waals surface area contributed by atoms with Crippen LogP contribution in [0.15, 0.2) is 42.5 Å². The molecule has 198 valence electrons. The average molecular weight is 559 g/mol. The third kappa shape index (κ3) is 8.01. The third-order valence-corrected chi connectivity index (χ3v) is 7.41. The summed E-state index contributed by atoms with van der Waals surface area (Å²) in [6, 6.07) is 10.6. The van der Waals surface area contributed by atoms with Crippen molar-refractivity contribution in [3.8, 4) is 5.75 Å². The largest absolute Gasteiger partial charge is 0.497 e. The number of nitrogens with zero attached hydrogens (tertiary/aromatic N) is 2. The summed E-state index contributed by atoms with van der Waals surface area (Å²) < 4.78 is 31.6. The van der Waals surface area contributed by atoms with Gasteiger partial charge in [-0.3, -0.25) is 13.9 Å². The van der Waals surface area contributed by atoms with Crippen LogP contribution in [0, 0.1) is 0 Å². The number of carbonyl (C=O) groups excluding carboxylic acids is 2. The van der Waals surface area contributed by atoms with Crippen molar-refractivity contribution in [1.82, 2.24) is 10.2 Å². The minimum Gasteiger partial charge on any atom is -0.497 e. The lowest BCUT2D eigenvalue weighted by atomic mass is 10.1. The standard InChI is InChI=1S/C25H33Cl2N3O5S/c1-6-17(3)28-25(32)22(7-2)29(15-18-9-8-10-20(13-18)35-4)24(31)16-30(36(5,33)34)23-14-19(26)11-12-21(23)27/h8-14,17,22H,6-7,15-16H2,1-5H3,(H,28,32)/t17-,22+/m0/s1. The number of sulfonamides is 1. The molecule has 1 N–H and O–H groups in total. The lowest BCUT2D eigenvalue weighted by Gasteiger charge is -2.33. The summed E-state index contributed by atoms with van der Waals surface area (Å²) in [5, 5.41) is 3.32. The number of hydrogen-bond donors (Lipinski definition) is 1. The average Bonchev–Trinajstić information content (AvgIpc) is 2.83. The van der Waals surface area contributed by atoms with Gasteiger partial charge in [-0.15, -0.1) is 0 Å². The number of ether oxygens (including phenoxy) is 1. The second-order valence-corrected chi connectivity index (χ2v) is 11.2. The van der Waals surface area contributed by atoms with Crippen LogP contribution in [0.4, 0.5) is 5.69 Å². The maximum absolute atomic E-state index is 13.7. The van der Waals surface area contributed by atoms with Gasteiger partial charge in [-0.05, 0) is 55.7 Å². The molecule has 11 heteroatoms. The zero-order valence-electron chi connectivity index (χ0n) is 21.1. The van der Waals surface area contributed by atoms with Gasteiger partial charge in [0, 0.05) is 17.6 Å². The predicted molar refractivity (Wildman–Crippen MR) is 144 cm³/mol. The van der Waals surface area contributed by atoms with Gasteiger partial charge in [-0.2, -0.15) is 0 Å². The summed E-state index contributed by atoms with van der Waals surface area (Å²) >= 11 is 12.4. The maximum atomic E-state index is 13.7. The number of rotatable bonds is 12. The molecule has 2 aromatic carbocycles. The lowest BCUT2D eigenvalue weighted by Crippen LogP contribution is -2.53. The quantitative estimate of drug-likeness (QED) is 0.414. The molecule has 0 bridgehead atoms. The van der Waals surface area contributed by atoms with Gasteiger partial charge in [-0.1, -0.05) is 49.2 Å². The second kappa shape index (κ2) is 13.2. The number of halogens is 2. The minimum absolute atomic E-state index is 0.0728. The van der Waals surface area contributed by atoms with Crippen molar-refractivity contribution in [2.75, 3.05) is 24.2 Å². The topological polar surface area (TPSA) is 96.0 Å². The van der Waals surface area contributed by atoms with Gasteiger partial charge < -0.3 is 15.0 Å². The highest BCUT2D eigenvalue weighted by Crippen LogP contribution is 2.31. The van der Waals surface area contributed by atoms with Gasteiger partial charge in [0.05, 0.1) is 24.1 Å². The van der Waals surface area contributed by atoms with Crippen LogP contribution in [0.2, 0.25) is 10.0 Å². The molecule has 0 saturated carbocycles. The van der Waals surface area contributed by atoms with Gasteiger partial charge in [0.2, 0.25) is 21.8 Å². The maximum Gasteiger partial charge on any atom is 0.244 e. The van der Waals surface area contributed by atoms with Crippen molar-refractivity contribution in [2.24, 2.45) is 0 Å². The van der Waals surface area contributed by atoms with Crippen molar-refractivity contribution < 1.29 is 22.7 Å². The van der Waals surface area contributed by atoms with E-state index in [0.717, 1.165) is 22.5 Å². The second-order valence-electron chi connectivity index (χ2n) is 8.48. The first-order chi connectivity index (χ1) is 16.9. The summed E-state index contributed by atoms with van der Waals surface area (Å²) in [4.78, 5) is 28.3. The normalized spacial score (nSPS) is 13.0. The van der Waals surface area contributed by atoms with Crippen molar-refractivity contribution in [1.29, 1.82) is 0 Å². The molecule has 36 heavy (non-hydrogen) atoms. The van der Waals surface area contributed by atoms with E-state index in [-0.39, 0.29) is 34.2 Å². The van der Waals surface area contributed by atoms with E-state index in [1.165, 1.54) is 30.2 Å². The smallest absolute Gasteiger partial charge is 0.244 e. The summed E-state index contributed by atoms with van der Waals surface area (Å²) in [7, 11) is -2.39. The number of anilines is 1. The summed E-state index contributed by atoms with van der Waals surface area (Å²) in [6.45, 7) is 5.14. The molecule has 0 spiro atoms. The van der Waals surface area contributed by atoms with Crippen LogP contribution in [-0.4, -0.2) is 57.1 Å². The highest BCUT2D eigenvalue weighted by Gasteiger charge is 2.32.